The van der Waals surface area contributed by atoms with Gasteiger partial charge in [0, 0.05) is 9.75 Å². The molecule has 2 rings (SSSR count). The van der Waals surface area contributed by atoms with Crippen LogP contribution in [0.4, 0.5) is 5.13 Å². The summed E-state index contributed by atoms with van der Waals surface area (Å²) in [5.41, 5.74) is 6.64. The minimum Gasteiger partial charge on any atom is -0.319 e. The molecular formula is C15H22ClN3OS2. The molecule has 0 saturated carbocycles. The maximum absolute atomic E-state index is 12.2. The van der Waals surface area contributed by atoms with Crippen LogP contribution in [0.25, 0.3) is 10.6 Å². The molecule has 3 N–H and O–H groups in total. The first-order valence-electron chi connectivity index (χ1n) is 6.79. The minimum absolute atomic E-state index is 0. The van der Waals surface area contributed by atoms with E-state index in [1.165, 1.54) is 16.2 Å². The number of aryl methyl sites for hydroxylation is 2. The highest BCUT2D eigenvalue weighted by molar-refractivity contribution is 7.18. The maximum Gasteiger partial charge on any atom is 0.243 e. The van der Waals surface area contributed by atoms with Crippen LogP contribution in [0.2, 0.25) is 0 Å². The van der Waals surface area contributed by atoms with Gasteiger partial charge < -0.3 is 11.1 Å². The zero-order valence-corrected chi connectivity index (χ0v) is 15.8. The molecule has 0 radical (unpaired) electrons. The quantitative estimate of drug-likeness (QED) is 0.861. The number of carbonyl (C=O) groups is 1. The lowest BCUT2D eigenvalue weighted by atomic mass is 9.87. The van der Waals surface area contributed by atoms with E-state index in [4.69, 9.17) is 5.73 Å². The number of aromatic nitrogens is 1. The molecule has 2 aromatic rings. The highest BCUT2D eigenvalue weighted by Crippen LogP contribution is 2.34. The third-order valence-electron chi connectivity index (χ3n) is 3.22. The van der Waals surface area contributed by atoms with E-state index in [9.17, 15) is 4.79 Å². The Bertz CT molecular complexity index is 658. The number of nitrogens with one attached hydrogen (secondary N) is 1. The molecule has 0 aliphatic carbocycles. The predicted octanol–water partition coefficient (Wildman–Crippen LogP) is 4.22. The number of nitrogens with zero attached hydrogens (tertiary/aromatic N) is 1. The average Bonchev–Trinajstić information content (AvgIpc) is 2.93. The monoisotopic (exact) mass is 359 g/mol. The van der Waals surface area contributed by atoms with Crippen molar-refractivity contribution in [1.82, 2.24) is 4.98 Å². The summed E-state index contributed by atoms with van der Waals surface area (Å²) in [6.45, 7) is 9.93. The number of hydrogen-bond donors (Lipinski definition) is 2. The normalized spacial score (nSPS) is 12.6. The number of anilines is 1. The Hall–Kier alpha value is -0.950. The first-order chi connectivity index (χ1) is 9.68. The molecule has 2 heterocycles. The third-order valence-corrected chi connectivity index (χ3v) is 5.11. The first kappa shape index (κ1) is 19.1. The van der Waals surface area contributed by atoms with Crippen LogP contribution in [0.5, 0.6) is 0 Å². The molecule has 1 amide bonds. The highest BCUT2D eigenvalue weighted by Gasteiger charge is 2.28. The van der Waals surface area contributed by atoms with Gasteiger partial charge in [0.05, 0.1) is 16.6 Å². The lowest BCUT2D eigenvalue weighted by Gasteiger charge is -2.25. The fraction of sp³-hybridized carbons (Fsp3) is 0.467. The Morgan fingerprint density at radius 2 is 1.91 bits per heavy atom. The van der Waals surface area contributed by atoms with Gasteiger partial charge in [0.25, 0.3) is 0 Å². The summed E-state index contributed by atoms with van der Waals surface area (Å²) < 4.78 is 0. The number of hydrogen-bond acceptors (Lipinski definition) is 5. The van der Waals surface area contributed by atoms with Crippen molar-refractivity contribution in [2.45, 2.75) is 40.7 Å². The SMILES string of the molecule is Cc1ccc(-c2nc(NC(=O)[C@@H](N)C(C)(C)C)sc2C)s1.Cl. The van der Waals surface area contributed by atoms with Gasteiger partial charge >= 0.3 is 0 Å². The van der Waals surface area contributed by atoms with E-state index in [-0.39, 0.29) is 23.7 Å². The molecule has 7 heteroatoms. The number of thiazole rings is 1. The molecule has 0 bridgehead atoms. The molecule has 22 heavy (non-hydrogen) atoms. The summed E-state index contributed by atoms with van der Waals surface area (Å²) in [7, 11) is 0. The van der Waals surface area contributed by atoms with Gasteiger partial charge in [-0.25, -0.2) is 4.98 Å². The molecule has 0 aliphatic rings. The van der Waals surface area contributed by atoms with E-state index in [1.54, 1.807) is 11.3 Å². The highest BCUT2D eigenvalue weighted by atomic mass is 35.5. The van der Waals surface area contributed by atoms with Crippen LogP contribution in [0.1, 0.15) is 30.5 Å². The molecule has 1 atom stereocenters. The van der Waals surface area contributed by atoms with Crippen molar-refractivity contribution in [3.63, 3.8) is 0 Å². The molecule has 4 nitrogen and oxygen atoms in total. The molecular weight excluding hydrogens is 338 g/mol. The lowest BCUT2D eigenvalue weighted by Crippen LogP contribution is -2.45. The van der Waals surface area contributed by atoms with E-state index in [0.717, 1.165) is 15.4 Å². The van der Waals surface area contributed by atoms with Crippen molar-refractivity contribution in [2.24, 2.45) is 11.1 Å². The maximum atomic E-state index is 12.2. The van der Waals surface area contributed by atoms with Gasteiger partial charge in [-0.3, -0.25) is 4.79 Å². The van der Waals surface area contributed by atoms with Gasteiger partial charge in [0.2, 0.25) is 5.91 Å². The smallest absolute Gasteiger partial charge is 0.243 e. The van der Waals surface area contributed by atoms with E-state index >= 15 is 0 Å². The predicted molar refractivity (Wildman–Crippen MR) is 98.2 cm³/mol. The molecule has 0 spiro atoms. The van der Waals surface area contributed by atoms with E-state index in [1.807, 2.05) is 27.7 Å². The van der Waals surface area contributed by atoms with Crippen molar-refractivity contribution >= 4 is 46.1 Å². The number of rotatable bonds is 3. The van der Waals surface area contributed by atoms with E-state index < -0.39 is 6.04 Å². The molecule has 0 fully saturated rings. The van der Waals surface area contributed by atoms with Gasteiger partial charge in [-0.15, -0.1) is 35.1 Å². The van der Waals surface area contributed by atoms with Gasteiger partial charge in [0.15, 0.2) is 5.13 Å². The van der Waals surface area contributed by atoms with Crippen LogP contribution < -0.4 is 11.1 Å². The van der Waals surface area contributed by atoms with Crippen molar-refractivity contribution in [1.29, 1.82) is 0 Å². The Morgan fingerprint density at radius 1 is 1.27 bits per heavy atom. The number of nitrogens with two attached hydrogens (primary N) is 1. The number of carbonyl (C=O) groups excluding carboxylic acids is 1. The second-order valence-electron chi connectivity index (χ2n) is 6.17. The van der Waals surface area contributed by atoms with Crippen molar-refractivity contribution in [3.05, 3.63) is 21.9 Å². The third kappa shape index (κ3) is 4.29. The second-order valence-corrected chi connectivity index (χ2v) is 8.66. The summed E-state index contributed by atoms with van der Waals surface area (Å²) >= 11 is 3.19. The van der Waals surface area contributed by atoms with Crippen LogP contribution in [-0.4, -0.2) is 16.9 Å². The fourth-order valence-corrected chi connectivity index (χ4v) is 3.63. The van der Waals surface area contributed by atoms with Crippen molar-refractivity contribution in [2.75, 3.05) is 5.32 Å². The Kier molecular flexibility index (Phi) is 6.15. The van der Waals surface area contributed by atoms with Crippen LogP contribution >= 0.6 is 35.1 Å². The zero-order chi connectivity index (χ0) is 15.8. The van der Waals surface area contributed by atoms with Crippen LogP contribution in [0.3, 0.4) is 0 Å². The van der Waals surface area contributed by atoms with Gasteiger partial charge in [-0.05, 0) is 31.4 Å². The summed E-state index contributed by atoms with van der Waals surface area (Å²) in [6, 6.07) is 3.58. The van der Waals surface area contributed by atoms with Crippen LogP contribution in [-0.2, 0) is 4.79 Å². The largest absolute Gasteiger partial charge is 0.319 e. The van der Waals surface area contributed by atoms with Crippen LogP contribution in [0, 0.1) is 19.3 Å². The second kappa shape index (κ2) is 7.08. The standard InChI is InChI=1S/C15H21N3OS2.ClH/c1-8-6-7-10(20-8)11-9(2)21-14(17-11)18-13(19)12(16)15(3,4)5;/h6-7,12H,16H2,1-5H3,(H,17,18,19);1H/t12-;/m1./s1. The Labute approximate surface area is 145 Å². The average molecular weight is 360 g/mol. The van der Waals surface area contributed by atoms with Gasteiger partial charge in [-0.2, -0.15) is 0 Å². The van der Waals surface area contributed by atoms with Gasteiger partial charge in [-0.1, -0.05) is 20.8 Å². The first-order valence-corrected chi connectivity index (χ1v) is 8.42. The molecule has 0 saturated heterocycles. The molecule has 0 unspecified atom stereocenters. The van der Waals surface area contributed by atoms with Crippen molar-refractivity contribution in [3.8, 4) is 10.6 Å². The Balaban J connectivity index is 0.00000242. The van der Waals surface area contributed by atoms with E-state index in [2.05, 4.69) is 29.4 Å². The summed E-state index contributed by atoms with van der Waals surface area (Å²) in [4.78, 5) is 20.2. The fourth-order valence-electron chi connectivity index (χ4n) is 1.82. The van der Waals surface area contributed by atoms with Crippen molar-refractivity contribution < 1.29 is 4.79 Å². The summed E-state index contributed by atoms with van der Waals surface area (Å²) in [5.74, 6) is -0.190. The molecule has 2 aromatic heterocycles. The Morgan fingerprint density at radius 3 is 2.41 bits per heavy atom. The topological polar surface area (TPSA) is 68.0 Å². The van der Waals surface area contributed by atoms with Crippen LogP contribution in [0.15, 0.2) is 12.1 Å². The summed E-state index contributed by atoms with van der Waals surface area (Å²) in [6.07, 6.45) is 0. The number of halogens is 1. The lowest BCUT2D eigenvalue weighted by molar-refractivity contribution is -0.119. The number of thiophene rings is 1. The minimum atomic E-state index is -0.561. The molecule has 122 valence electrons. The summed E-state index contributed by atoms with van der Waals surface area (Å²) in [5, 5.41) is 3.44. The number of amides is 1. The molecule has 0 aromatic carbocycles. The van der Waals surface area contributed by atoms with E-state index in [0.29, 0.717) is 5.13 Å². The molecule has 0 aliphatic heterocycles. The zero-order valence-electron chi connectivity index (χ0n) is 13.4. The van der Waals surface area contributed by atoms with Gasteiger partial charge in [0.1, 0.15) is 0 Å².